The number of halogens is 5. The van der Waals surface area contributed by atoms with Crippen molar-refractivity contribution in [3.8, 4) is 11.1 Å². The summed E-state index contributed by atoms with van der Waals surface area (Å²) in [6.07, 6.45) is -0.483. The van der Waals surface area contributed by atoms with E-state index in [4.69, 9.17) is 0 Å². The second-order valence-electron chi connectivity index (χ2n) is 11.0. The Morgan fingerprint density at radius 3 is 2.45 bits per heavy atom. The number of rotatable bonds is 4. The van der Waals surface area contributed by atoms with Gasteiger partial charge in [0.1, 0.15) is 17.5 Å². The van der Waals surface area contributed by atoms with E-state index in [1.165, 1.54) is 10.6 Å². The van der Waals surface area contributed by atoms with E-state index in [1.807, 2.05) is 0 Å². The molecule has 4 aromatic rings. The highest BCUT2D eigenvalue weighted by Gasteiger charge is 2.40. The first kappa shape index (κ1) is 29.9. The summed E-state index contributed by atoms with van der Waals surface area (Å²) in [5.74, 6) is -2.12. The molecule has 1 amide bonds. The minimum atomic E-state index is -4.94. The molecule has 0 bridgehead atoms. The molecular weight excluding hydrogens is 603 g/mol. The van der Waals surface area contributed by atoms with Gasteiger partial charge in [-0.15, -0.1) is 11.8 Å². The van der Waals surface area contributed by atoms with Gasteiger partial charge < -0.3 is 9.80 Å². The molecule has 2 aliphatic rings. The number of carbonyl (C=O) groups is 1. The number of benzene rings is 2. The molecule has 0 spiro atoms. The van der Waals surface area contributed by atoms with Gasteiger partial charge >= 0.3 is 11.9 Å². The van der Waals surface area contributed by atoms with Crippen LogP contribution in [-0.4, -0.2) is 61.1 Å². The Balaban J connectivity index is 1.65. The van der Waals surface area contributed by atoms with Gasteiger partial charge in [-0.2, -0.15) is 23.3 Å². The van der Waals surface area contributed by atoms with E-state index < -0.39 is 46.2 Å². The van der Waals surface area contributed by atoms with Gasteiger partial charge in [-0.05, 0) is 44.2 Å². The van der Waals surface area contributed by atoms with Crippen molar-refractivity contribution in [1.29, 1.82) is 0 Å². The topological polar surface area (TPSA) is 76.3 Å². The molecule has 0 aliphatic carbocycles. The number of alkyl halides is 3. The summed E-state index contributed by atoms with van der Waals surface area (Å²) in [4.78, 5) is 34.0. The molecule has 3 atom stereocenters. The summed E-state index contributed by atoms with van der Waals surface area (Å²) in [7, 11) is 0. The minimum absolute atomic E-state index is 0.0392. The Morgan fingerprint density at radius 1 is 1.11 bits per heavy atom. The summed E-state index contributed by atoms with van der Waals surface area (Å²) in [5, 5.41) is 4.34. The highest BCUT2D eigenvalue weighted by atomic mass is 32.2. The molecule has 2 aromatic carbocycles. The highest BCUT2D eigenvalue weighted by Crippen LogP contribution is 2.49. The maximum absolute atomic E-state index is 15.2. The number of amides is 1. The molecule has 14 heteroatoms. The summed E-state index contributed by atoms with van der Waals surface area (Å²) < 4.78 is 76.7. The van der Waals surface area contributed by atoms with E-state index in [0.29, 0.717) is 6.07 Å². The van der Waals surface area contributed by atoms with E-state index >= 15 is 4.39 Å². The number of carbonyl (C=O) groups excluding carboxylic acids is 1. The fourth-order valence-corrected chi connectivity index (χ4v) is 7.60. The van der Waals surface area contributed by atoms with Crippen molar-refractivity contribution < 1.29 is 26.7 Å². The predicted octanol–water partition coefficient (Wildman–Crippen LogP) is 5.52. The van der Waals surface area contributed by atoms with Gasteiger partial charge in [0.25, 0.3) is 0 Å². The Labute approximate surface area is 252 Å². The van der Waals surface area contributed by atoms with Gasteiger partial charge in [0, 0.05) is 70.8 Å². The van der Waals surface area contributed by atoms with Gasteiger partial charge in [-0.25, -0.2) is 13.6 Å². The second-order valence-corrected chi connectivity index (χ2v) is 12.0. The van der Waals surface area contributed by atoms with Crippen LogP contribution in [0.15, 0.2) is 65.1 Å². The first-order chi connectivity index (χ1) is 20.9. The van der Waals surface area contributed by atoms with Crippen LogP contribution in [-0.2, 0) is 17.5 Å². The third kappa shape index (κ3) is 5.04. The average Bonchev–Trinajstić information content (AvgIpc) is 3.42. The zero-order chi connectivity index (χ0) is 31.5. The second kappa shape index (κ2) is 11.1. The third-order valence-electron chi connectivity index (χ3n) is 8.06. The Kier molecular flexibility index (Phi) is 7.50. The van der Waals surface area contributed by atoms with Crippen molar-refractivity contribution in [2.24, 2.45) is 0 Å². The molecule has 4 heterocycles. The largest absolute Gasteiger partial charge is 0.417 e. The molecule has 0 N–H and O–H groups in total. The standard InChI is InChI=1S/C30H27F5N6O2S/c1-4-24(42)41-16(2)12-38(13-17(41)3)28-21-11-22(30(33,34)35)25(20-7-6-18(31)10-23(20)32)27-26(21)39(29(43)37-28)14-19(15-44-27)40-9-5-8-36-40/h4-11,16-17,19H,1,12-15H2,2-3H3/t16-,17+,19?. The van der Waals surface area contributed by atoms with E-state index in [1.54, 1.807) is 46.8 Å². The highest BCUT2D eigenvalue weighted by molar-refractivity contribution is 7.99. The van der Waals surface area contributed by atoms with Gasteiger partial charge in [-0.3, -0.25) is 14.0 Å². The molecule has 44 heavy (non-hydrogen) atoms. The summed E-state index contributed by atoms with van der Waals surface area (Å²) >= 11 is 1.05. The van der Waals surface area contributed by atoms with Crippen molar-refractivity contribution in [1.82, 2.24) is 24.2 Å². The lowest BCUT2D eigenvalue weighted by Gasteiger charge is -2.44. The maximum Gasteiger partial charge on any atom is 0.417 e. The Bertz CT molecular complexity index is 1830. The lowest BCUT2D eigenvalue weighted by Crippen LogP contribution is -2.58. The monoisotopic (exact) mass is 630 g/mol. The summed E-state index contributed by atoms with van der Waals surface area (Å²) in [6.45, 7) is 7.60. The van der Waals surface area contributed by atoms with Crippen LogP contribution in [0.1, 0.15) is 25.5 Å². The normalized spacial score (nSPS) is 20.6. The number of anilines is 1. The molecule has 2 aliphatic heterocycles. The molecular formula is C30H27F5N6O2S. The Hall–Kier alpha value is -4.20. The van der Waals surface area contributed by atoms with E-state index in [-0.39, 0.29) is 65.0 Å². The lowest BCUT2D eigenvalue weighted by molar-refractivity contribution is -0.137. The molecule has 2 aromatic heterocycles. The Morgan fingerprint density at radius 2 is 1.84 bits per heavy atom. The van der Waals surface area contributed by atoms with E-state index in [2.05, 4.69) is 16.7 Å². The van der Waals surface area contributed by atoms with Crippen LogP contribution >= 0.6 is 11.8 Å². The van der Waals surface area contributed by atoms with E-state index in [9.17, 15) is 27.2 Å². The lowest BCUT2D eigenvalue weighted by atomic mass is 9.95. The molecule has 0 saturated carbocycles. The van der Waals surface area contributed by atoms with Crippen molar-refractivity contribution in [3.63, 3.8) is 0 Å². The maximum atomic E-state index is 15.2. The minimum Gasteiger partial charge on any atom is -0.352 e. The number of hydrogen-bond acceptors (Lipinski definition) is 6. The smallest absolute Gasteiger partial charge is 0.352 e. The van der Waals surface area contributed by atoms with Crippen LogP contribution in [0, 0.1) is 11.6 Å². The van der Waals surface area contributed by atoms with Crippen molar-refractivity contribution >= 4 is 34.4 Å². The predicted molar refractivity (Wildman–Crippen MR) is 157 cm³/mol. The van der Waals surface area contributed by atoms with Crippen LogP contribution in [0.5, 0.6) is 0 Å². The third-order valence-corrected chi connectivity index (χ3v) is 9.30. The number of hydrogen-bond donors (Lipinski definition) is 0. The number of piperazine rings is 1. The first-order valence-corrected chi connectivity index (χ1v) is 14.8. The zero-order valence-electron chi connectivity index (χ0n) is 23.7. The van der Waals surface area contributed by atoms with Crippen molar-refractivity contribution in [3.05, 3.63) is 83.1 Å². The number of nitrogens with zero attached hydrogens (tertiary/aromatic N) is 6. The van der Waals surface area contributed by atoms with Gasteiger partial charge in [0.2, 0.25) is 5.91 Å². The SMILES string of the molecule is C=CC(=O)N1[C@H](C)CN(c2nc(=O)n3c4c(c(-c5ccc(F)cc5F)c(C(F)(F)F)cc24)SCC(n2cccn2)C3)C[C@@H]1C. The molecule has 1 unspecified atom stereocenters. The molecule has 8 nitrogen and oxygen atoms in total. The van der Waals surface area contributed by atoms with Gasteiger partial charge in [-0.1, -0.05) is 6.58 Å². The van der Waals surface area contributed by atoms with Gasteiger partial charge in [0.05, 0.1) is 23.7 Å². The summed E-state index contributed by atoms with van der Waals surface area (Å²) in [6, 6.07) is 3.85. The van der Waals surface area contributed by atoms with Gasteiger partial charge in [0.15, 0.2) is 0 Å². The van der Waals surface area contributed by atoms with Crippen LogP contribution < -0.4 is 10.6 Å². The molecule has 0 radical (unpaired) electrons. The molecule has 1 fully saturated rings. The van der Waals surface area contributed by atoms with Crippen LogP contribution in [0.3, 0.4) is 0 Å². The van der Waals surface area contributed by atoms with Crippen LogP contribution in [0.2, 0.25) is 0 Å². The quantitative estimate of drug-likeness (QED) is 0.219. The van der Waals surface area contributed by atoms with Crippen molar-refractivity contribution in [2.45, 2.75) is 49.6 Å². The summed E-state index contributed by atoms with van der Waals surface area (Å²) in [5.41, 5.74) is -2.55. The first-order valence-electron chi connectivity index (χ1n) is 13.8. The van der Waals surface area contributed by atoms with E-state index in [0.717, 1.165) is 30.0 Å². The number of thioether (sulfide) groups is 1. The number of aromatic nitrogens is 4. The van der Waals surface area contributed by atoms with Crippen molar-refractivity contribution in [2.75, 3.05) is 23.7 Å². The van der Waals surface area contributed by atoms with Crippen LogP contribution in [0.4, 0.5) is 27.8 Å². The van der Waals surface area contributed by atoms with Crippen LogP contribution in [0.25, 0.3) is 22.0 Å². The average molecular weight is 631 g/mol. The molecule has 1 saturated heterocycles. The fourth-order valence-electron chi connectivity index (χ4n) is 6.26. The molecule has 230 valence electrons. The fraction of sp³-hybridized carbons (Fsp3) is 0.333. The molecule has 6 rings (SSSR count). The zero-order valence-corrected chi connectivity index (χ0v) is 24.5.